The first-order valence-corrected chi connectivity index (χ1v) is 6.22. The molecule has 18 heavy (non-hydrogen) atoms. The van der Waals surface area contributed by atoms with Crippen molar-refractivity contribution in [3.63, 3.8) is 0 Å². The molecular formula is C12H10ClN3OS. The third-order valence-electron chi connectivity index (χ3n) is 2.72. The summed E-state index contributed by atoms with van der Waals surface area (Å²) in [5.74, 6) is 1.42. The van der Waals surface area contributed by atoms with E-state index in [-0.39, 0.29) is 0 Å². The van der Waals surface area contributed by atoms with Crippen molar-refractivity contribution in [3.05, 3.63) is 45.8 Å². The third kappa shape index (κ3) is 1.85. The van der Waals surface area contributed by atoms with Crippen molar-refractivity contribution < 1.29 is 4.42 Å². The molecule has 3 rings (SSSR count). The minimum atomic E-state index is 0.493. The third-order valence-corrected chi connectivity index (χ3v) is 3.36. The first-order valence-electron chi connectivity index (χ1n) is 5.43. The molecule has 0 fully saturated rings. The van der Waals surface area contributed by atoms with Crippen LogP contribution in [-0.2, 0) is 6.54 Å². The van der Waals surface area contributed by atoms with Gasteiger partial charge in [-0.2, -0.15) is 0 Å². The summed E-state index contributed by atoms with van der Waals surface area (Å²) in [5.41, 5.74) is 1.79. The van der Waals surface area contributed by atoms with Crippen molar-refractivity contribution in [2.45, 2.75) is 13.5 Å². The largest absolute Gasteiger partial charge is 0.444 e. The highest BCUT2D eigenvalue weighted by Gasteiger charge is 2.09. The summed E-state index contributed by atoms with van der Waals surface area (Å²) in [6.07, 6.45) is 1.70. The Kier molecular flexibility index (Phi) is 2.72. The lowest BCUT2D eigenvalue weighted by atomic mass is 10.3. The van der Waals surface area contributed by atoms with Gasteiger partial charge in [0.2, 0.25) is 5.89 Å². The number of fused-ring (bicyclic) bond motifs is 1. The van der Waals surface area contributed by atoms with Gasteiger partial charge in [-0.05, 0) is 31.3 Å². The van der Waals surface area contributed by atoms with Crippen LogP contribution in [0.2, 0.25) is 5.02 Å². The number of aryl methyl sites for hydroxylation is 1. The molecule has 0 bridgehead atoms. The topological polar surface area (TPSA) is 46.8 Å². The van der Waals surface area contributed by atoms with Crippen LogP contribution in [0.15, 0.2) is 28.8 Å². The number of H-pyrrole nitrogens is 1. The summed E-state index contributed by atoms with van der Waals surface area (Å²) in [4.78, 5) is 7.28. The van der Waals surface area contributed by atoms with Gasteiger partial charge in [-0.25, -0.2) is 4.98 Å². The molecule has 0 saturated heterocycles. The van der Waals surface area contributed by atoms with E-state index in [1.54, 1.807) is 6.20 Å². The van der Waals surface area contributed by atoms with Crippen molar-refractivity contribution in [2.24, 2.45) is 0 Å². The predicted octanol–water partition coefficient (Wildman–Crippen LogP) is 3.70. The lowest BCUT2D eigenvalue weighted by molar-refractivity contribution is 0.459. The quantitative estimate of drug-likeness (QED) is 0.728. The van der Waals surface area contributed by atoms with Crippen LogP contribution in [0.4, 0.5) is 0 Å². The number of benzene rings is 1. The lowest BCUT2D eigenvalue weighted by Crippen LogP contribution is -1.99. The van der Waals surface area contributed by atoms with Crippen molar-refractivity contribution in [1.82, 2.24) is 14.5 Å². The molecule has 0 aliphatic rings. The maximum Gasteiger partial charge on any atom is 0.214 e. The summed E-state index contributed by atoms with van der Waals surface area (Å²) < 4.78 is 7.99. The summed E-state index contributed by atoms with van der Waals surface area (Å²) >= 11 is 11.4. The molecule has 0 aliphatic heterocycles. The maximum atomic E-state index is 6.12. The van der Waals surface area contributed by atoms with Crippen molar-refractivity contribution in [3.8, 4) is 0 Å². The molecule has 0 atom stereocenters. The van der Waals surface area contributed by atoms with E-state index in [2.05, 4.69) is 9.97 Å². The molecule has 1 N–H and O–H groups in total. The number of hydrogen-bond acceptors (Lipinski definition) is 3. The normalized spacial score (nSPS) is 11.2. The summed E-state index contributed by atoms with van der Waals surface area (Å²) in [5, 5.41) is 0.654. The molecule has 0 saturated carbocycles. The van der Waals surface area contributed by atoms with Gasteiger partial charge in [0.15, 0.2) is 4.77 Å². The fourth-order valence-electron chi connectivity index (χ4n) is 1.91. The van der Waals surface area contributed by atoms with E-state index < -0.39 is 0 Å². The lowest BCUT2D eigenvalue weighted by Gasteiger charge is -2.01. The van der Waals surface area contributed by atoms with Gasteiger partial charge >= 0.3 is 0 Å². The standard InChI is InChI=1S/C12H10ClN3OS/c1-7-5-14-10(17-7)6-16-9-4-2-3-8(13)11(9)15-12(16)18/h2-5H,6H2,1H3,(H,15,18). The molecule has 0 radical (unpaired) electrons. The van der Waals surface area contributed by atoms with Gasteiger partial charge in [0.25, 0.3) is 0 Å². The monoisotopic (exact) mass is 279 g/mol. The first kappa shape index (κ1) is 11.5. The maximum absolute atomic E-state index is 6.12. The van der Waals surface area contributed by atoms with E-state index in [1.165, 1.54) is 0 Å². The van der Waals surface area contributed by atoms with Crippen molar-refractivity contribution in [1.29, 1.82) is 0 Å². The van der Waals surface area contributed by atoms with Gasteiger partial charge in [0.05, 0.1) is 22.3 Å². The zero-order valence-electron chi connectivity index (χ0n) is 9.61. The van der Waals surface area contributed by atoms with Gasteiger partial charge in [-0.15, -0.1) is 0 Å². The molecule has 1 aromatic carbocycles. The Morgan fingerprint density at radius 3 is 3.06 bits per heavy atom. The fraction of sp³-hybridized carbons (Fsp3) is 0.167. The highest BCUT2D eigenvalue weighted by Crippen LogP contribution is 2.23. The number of nitrogens with zero attached hydrogens (tertiary/aromatic N) is 2. The number of para-hydroxylation sites is 1. The second kappa shape index (κ2) is 4.26. The smallest absolute Gasteiger partial charge is 0.214 e. The minimum absolute atomic E-state index is 0.493. The number of rotatable bonds is 2. The van der Waals surface area contributed by atoms with Gasteiger partial charge in [-0.3, -0.25) is 0 Å². The van der Waals surface area contributed by atoms with Crippen LogP contribution in [0.3, 0.4) is 0 Å². The van der Waals surface area contributed by atoms with E-state index in [4.69, 9.17) is 28.2 Å². The number of imidazole rings is 1. The number of aromatic amines is 1. The van der Waals surface area contributed by atoms with Crippen LogP contribution in [0, 0.1) is 11.7 Å². The molecule has 2 aromatic heterocycles. The average Bonchev–Trinajstić information content (AvgIpc) is 2.87. The number of halogens is 1. The number of nitrogens with one attached hydrogen (secondary N) is 1. The van der Waals surface area contributed by atoms with Crippen LogP contribution >= 0.6 is 23.8 Å². The zero-order chi connectivity index (χ0) is 12.7. The highest BCUT2D eigenvalue weighted by atomic mass is 35.5. The zero-order valence-corrected chi connectivity index (χ0v) is 11.2. The molecule has 0 aliphatic carbocycles. The van der Waals surface area contributed by atoms with E-state index in [0.29, 0.717) is 22.2 Å². The van der Waals surface area contributed by atoms with Crippen LogP contribution in [0.25, 0.3) is 11.0 Å². The van der Waals surface area contributed by atoms with E-state index in [1.807, 2.05) is 29.7 Å². The highest BCUT2D eigenvalue weighted by molar-refractivity contribution is 7.71. The molecule has 0 spiro atoms. The van der Waals surface area contributed by atoms with E-state index >= 15 is 0 Å². The van der Waals surface area contributed by atoms with Crippen molar-refractivity contribution in [2.75, 3.05) is 0 Å². The molecule has 92 valence electrons. The first-order chi connectivity index (χ1) is 8.65. The summed E-state index contributed by atoms with van der Waals surface area (Å²) in [7, 11) is 0. The Morgan fingerprint density at radius 2 is 2.33 bits per heavy atom. The van der Waals surface area contributed by atoms with Crippen molar-refractivity contribution >= 4 is 34.9 Å². The Bertz CT molecular complexity index is 771. The second-order valence-electron chi connectivity index (χ2n) is 4.01. The molecule has 3 aromatic rings. The minimum Gasteiger partial charge on any atom is -0.444 e. The molecule has 0 unspecified atom stereocenters. The van der Waals surface area contributed by atoms with Crippen LogP contribution in [0.1, 0.15) is 11.7 Å². The van der Waals surface area contributed by atoms with Gasteiger partial charge in [0.1, 0.15) is 12.3 Å². The van der Waals surface area contributed by atoms with Crippen LogP contribution < -0.4 is 0 Å². The van der Waals surface area contributed by atoms with E-state index in [0.717, 1.165) is 16.8 Å². The van der Waals surface area contributed by atoms with Crippen LogP contribution in [0.5, 0.6) is 0 Å². The van der Waals surface area contributed by atoms with Gasteiger partial charge in [-0.1, -0.05) is 17.7 Å². The van der Waals surface area contributed by atoms with Gasteiger partial charge in [0, 0.05) is 0 Å². The Hall–Kier alpha value is -1.59. The fourth-order valence-corrected chi connectivity index (χ4v) is 2.39. The molecular weight excluding hydrogens is 270 g/mol. The van der Waals surface area contributed by atoms with E-state index in [9.17, 15) is 0 Å². The molecule has 2 heterocycles. The van der Waals surface area contributed by atoms with Gasteiger partial charge < -0.3 is 14.0 Å². The SMILES string of the molecule is Cc1cnc(Cn2c(=S)[nH]c3c(Cl)cccc32)o1. The Balaban J connectivity index is 2.14. The average molecular weight is 280 g/mol. The second-order valence-corrected chi connectivity index (χ2v) is 4.81. The molecule has 0 amide bonds. The summed E-state index contributed by atoms with van der Waals surface area (Å²) in [6, 6.07) is 5.68. The number of aromatic nitrogens is 3. The Labute approximate surface area is 113 Å². The summed E-state index contributed by atoms with van der Waals surface area (Å²) in [6.45, 7) is 2.36. The Morgan fingerprint density at radius 1 is 1.50 bits per heavy atom. The number of hydrogen-bond donors (Lipinski definition) is 1. The number of oxazole rings is 1. The molecule has 4 nitrogen and oxygen atoms in total. The molecule has 6 heteroatoms. The predicted molar refractivity (Wildman–Crippen MR) is 72.5 cm³/mol. The van der Waals surface area contributed by atoms with Crippen LogP contribution in [-0.4, -0.2) is 14.5 Å².